The van der Waals surface area contributed by atoms with Crippen LogP contribution in [0.2, 0.25) is 0 Å². The Kier molecular flexibility index (Phi) is 8.52. The molecule has 2 aromatic heterocycles. The van der Waals surface area contributed by atoms with Crippen LogP contribution in [0, 0.1) is 0 Å². The van der Waals surface area contributed by atoms with E-state index >= 15 is 0 Å². The minimum Gasteiger partial charge on any atom is -0.427 e. The predicted octanol–water partition coefficient (Wildman–Crippen LogP) is 5.75. The van der Waals surface area contributed by atoms with E-state index in [1.54, 1.807) is 6.07 Å². The first-order chi connectivity index (χ1) is 19.9. The van der Waals surface area contributed by atoms with Crippen molar-refractivity contribution in [3.8, 4) is 0 Å². The molecule has 4 aromatic rings. The van der Waals surface area contributed by atoms with Crippen molar-refractivity contribution in [1.29, 1.82) is 0 Å². The number of hydrogen-bond donors (Lipinski definition) is 1. The van der Waals surface area contributed by atoms with Crippen molar-refractivity contribution in [3.05, 3.63) is 76.3 Å². The van der Waals surface area contributed by atoms with E-state index in [1.807, 2.05) is 30.3 Å². The molecule has 2 amide bonds. The predicted molar refractivity (Wildman–Crippen MR) is 160 cm³/mol. The van der Waals surface area contributed by atoms with Gasteiger partial charge >= 0.3 is 5.63 Å². The van der Waals surface area contributed by atoms with Crippen molar-refractivity contribution in [1.82, 2.24) is 9.47 Å². The maximum Gasteiger partial charge on any atom is 0.348 e. The van der Waals surface area contributed by atoms with E-state index < -0.39 is 17.6 Å². The summed E-state index contributed by atoms with van der Waals surface area (Å²) in [7, 11) is 1.44. The summed E-state index contributed by atoms with van der Waals surface area (Å²) in [6.07, 6.45) is 4.09. The van der Waals surface area contributed by atoms with E-state index in [9.17, 15) is 14.4 Å². The summed E-state index contributed by atoms with van der Waals surface area (Å²) in [5.74, 6) is -0.145. The van der Waals surface area contributed by atoms with Gasteiger partial charge < -0.3 is 24.0 Å². The highest BCUT2D eigenvalue weighted by Gasteiger charge is 2.36. The van der Waals surface area contributed by atoms with Gasteiger partial charge in [-0.3, -0.25) is 9.59 Å². The van der Waals surface area contributed by atoms with Crippen molar-refractivity contribution in [2.45, 2.75) is 65.0 Å². The lowest BCUT2D eigenvalue weighted by Gasteiger charge is -2.23. The van der Waals surface area contributed by atoms with Crippen molar-refractivity contribution < 1.29 is 18.8 Å². The first-order valence-corrected chi connectivity index (χ1v) is 14.3. The standard InChI is InChI=1S/C32H36N4O5/c1-4-6-7-10-24-14-15-26(32(39)41-24)31(38)36-20-22(34-40-3)17-23(36)19-30(37)33-21-13-16-29-27(18-21)25-11-8-9-12-28(25)35(29)5-2/h8-9,11-16,18,23H,4-7,10,17,19-20H2,1-3H3,(H,33,37)/t23-/m0/s1. The molecule has 1 atom stereocenters. The van der Waals surface area contributed by atoms with Crippen molar-refractivity contribution >= 4 is 45.0 Å². The van der Waals surface area contributed by atoms with Gasteiger partial charge in [0.25, 0.3) is 5.91 Å². The lowest BCUT2D eigenvalue weighted by atomic mass is 10.1. The number of carbonyl (C=O) groups is 2. The first kappa shape index (κ1) is 28.1. The third kappa shape index (κ3) is 5.89. The summed E-state index contributed by atoms with van der Waals surface area (Å²) in [4.78, 5) is 45.9. The molecule has 9 nitrogen and oxygen atoms in total. The molecule has 0 bridgehead atoms. The number of fused-ring (bicyclic) bond motifs is 3. The second-order valence-corrected chi connectivity index (χ2v) is 10.4. The molecule has 5 rings (SSSR count). The number of likely N-dealkylation sites (tertiary alicyclic amines) is 1. The highest BCUT2D eigenvalue weighted by Crippen LogP contribution is 2.31. The number of nitrogens with one attached hydrogen (secondary N) is 1. The number of nitrogens with zero attached hydrogens (tertiary/aromatic N) is 3. The normalized spacial score (nSPS) is 16.1. The first-order valence-electron chi connectivity index (χ1n) is 14.3. The molecule has 9 heteroatoms. The monoisotopic (exact) mass is 556 g/mol. The van der Waals surface area contributed by atoms with Crippen LogP contribution in [0.3, 0.4) is 0 Å². The third-order valence-corrected chi connectivity index (χ3v) is 7.68. The fourth-order valence-corrected chi connectivity index (χ4v) is 5.74. The van der Waals surface area contributed by atoms with Gasteiger partial charge in [-0.05, 0) is 49.7 Å². The SMILES string of the molecule is CCCCCc1ccc(C(=O)N2CC(=NOC)C[C@H]2CC(=O)Nc2ccc3c(c2)c2ccccc2n3CC)c(=O)o1. The molecule has 0 spiro atoms. The summed E-state index contributed by atoms with van der Waals surface area (Å²) in [6, 6.07) is 16.9. The molecule has 2 aromatic carbocycles. The number of aromatic nitrogens is 1. The summed E-state index contributed by atoms with van der Waals surface area (Å²) >= 11 is 0. The molecule has 1 saturated heterocycles. The number of carbonyl (C=O) groups excluding carboxylic acids is 2. The minimum absolute atomic E-state index is 0.0453. The largest absolute Gasteiger partial charge is 0.427 e. The molecule has 1 aliphatic rings. The van der Waals surface area contributed by atoms with E-state index in [4.69, 9.17) is 9.25 Å². The number of unbranched alkanes of at least 4 members (excludes halogenated alkanes) is 2. The number of aryl methyl sites for hydroxylation is 2. The zero-order chi connectivity index (χ0) is 28.9. The number of benzene rings is 2. The van der Waals surface area contributed by atoms with Gasteiger partial charge in [0.2, 0.25) is 5.91 Å². The van der Waals surface area contributed by atoms with Crippen LogP contribution in [0.15, 0.2) is 69.0 Å². The smallest absolute Gasteiger partial charge is 0.348 e. The molecule has 214 valence electrons. The van der Waals surface area contributed by atoms with Crippen LogP contribution in [-0.2, 0) is 22.6 Å². The molecular formula is C32H36N4O5. The minimum atomic E-state index is -0.663. The van der Waals surface area contributed by atoms with Gasteiger partial charge in [-0.25, -0.2) is 4.79 Å². The molecule has 3 heterocycles. The van der Waals surface area contributed by atoms with Crippen LogP contribution in [0.5, 0.6) is 0 Å². The topological polar surface area (TPSA) is 106 Å². The summed E-state index contributed by atoms with van der Waals surface area (Å²) < 4.78 is 7.70. The van der Waals surface area contributed by atoms with E-state index in [-0.39, 0.29) is 24.4 Å². The molecule has 0 aliphatic carbocycles. The van der Waals surface area contributed by atoms with Crippen LogP contribution in [0.25, 0.3) is 21.8 Å². The molecule has 1 aliphatic heterocycles. The Hall–Kier alpha value is -4.40. The second-order valence-electron chi connectivity index (χ2n) is 10.4. The molecule has 0 radical (unpaired) electrons. The Balaban J connectivity index is 1.33. The van der Waals surface area contributed by atoms with Gasteiger partial charge in [0.1, 0.15) is 18.4 Å². The van der Waals surface area contributed by atoms with Gasteiger partial charge in [-0.2, -0.15) is 0 Å². The summed E-state index contributed by atoms with van der Waals surface area (Å²) in [6.45, 7) is 5.23. The maximum atomic E-state index is 13.5. The van der Waals surface area contributed by atoms with E-state index in [0.29, 0.717) is 30.0 Å². The molecule has 41 heavy (non-hydrogen) atoms. The number of oxime groups is 1. The Morgan fingerprint density at radius 1 is 1.05 bits per heavy atom. The second kappa shape index (κ2) is 12.4. The highest BCUT2D eigenvalue weighted by atomic mass is 16.6. The number of para-hydroxylation sites is 1. The average molecular weight is 557 g/mol. The van der Waals surface area contributed by atoms with E-state index in [2.05, 4.69) is 41.0 Å². The Bertz CT molecular complexity index is 1670. The van der Waals surface area contributed by atoms with E-state index in [0.717, 1.165) is 47.6 Å². The van der Waals surface area contributed by atoms with Crippen molar-refractivity contribution in [3.63, 3.8) is 0 Å². The molecule has 0 unspecified atom stereocenters. The van der Waals surface area contributed by atoms with Crippen molar-refractivity contribution in [2.75, 3.05) is 19.0 Å². The fourth-order valence-electron chi connectivity index (χ4n) is 5.74. The zero-order valence-electron chi connectivity index (χ0n) is 23.8. The van der Waals surface area contributed by atoms with Crippen molar-refractivity contribution in [2.24, 2.45) is 5.16 Å². The summed E-state index contributed by atoms with van der Waals surface area (Å²) in [5.41, 5.74) is 2.86. The number of rotatable bonds is 10. The van der Waals surface area contributed by atoms with E-state index in [1.165, 1.54) is 18.1 Å². The zero-order valence-corrected chi connectivity index (χ0v) is 23.8. The van der Waals surface area contributed by atoms with Crippen LogP contribution < -0.4 is 10.9 Å². The number of amides is 2. The van der Waals surface area contributed by atoms with Crippen LogP contribution in [0.1, 0.15) is 62.1 Å². The molecule has 0 saturated carbocycles. The lowest BCUT2D eigenvalue weighted by molar-refractivity contribution is -0.117. The molecular weight excluding hydrogens is 520 g/mol. The quantitative estimate of drug-likeness (QED) is 0.198. The van der Waals surface area contributed by atoms with Gasteiger partial charge in [0.15, 0.2) is 0 Å². The lowest BCUT2D eigenvalue weighted by Crippen LogP contribution is -2.39. The van der Waals surface area contributed by atoms with Gasteiger partial charge in [-0.15, -0.1) is 0 Å². The fraction of sp³-hybridized carbons (Fsp3) is 0.375. The van der Waals surface area contributed by atoms with Gasteiger partial charge in [-0.1, -0.05) is 43.1 Å². The third-order valence-electron chi connectivity index (χ3n) is 7.68. The maximum absolute atomic E-state index is 13.5. The molecule has 1 fully saturated rings. The van der Waals surface area contributed by atoms with Gasteiger partial charge in [0.05, 0.1) is 12.3 Å². The Labute approximate surface area is 238 Å². The Morgan fingerprint density at radius 2 is 1.85 bits per heavy atom. The summed E-state index contributed by atoms with van der Waals surface area (Å²) in [5, 5.41) is 9.23. The molecule has 1 N–H and O–H groups in total. The number of anilines is 1. The van der Waals surface area contributed by atoms with Gasteiger partial charge in [0, 0.05) is 59.3 Å². The highest BCUT2D eigenvalue weighted by molar-refractivity contribution is 6.10. The van der Waals surface area contributed by atoms with Crippen LogP contribution in [0.4, 0.5) is 5.69 Å². The van der Waals surface area contributed by atoms with Crippen LogP contribution in [-0.4, -0.2) is 46.7 Å². The van der Waals surface area contributed by atoms with Crippen LogP contribution >= 0.6 is 0 Å². The number of hydrogen-bond acceptors (Lipinski definition) is 6. The Morgan fingerprint density at radius 3 is 2.61 bits per heavy atom. The average Bonchev–Trinajstić information content (AvgIpc) is 3.51.